The Bertz CT molecular complexity index is 937. The Kier molecular flexibility index (Phi) is 4.80. The van der Waals surface area contributed by atoms with Gasteiger partial charge >= 0.3 is 6.03 Å². The molecule has 0 saturated carbocycles. The van der Waals surface area contributed by atoms with Gasteiger partial charge in [0.1, 0.15) is 5.76 Å². The lowest BCUT2D eigenvalue weighted by atomic mass is 10.3. The highest BCUT2D eigenvalue weighted by Gasteiger charge is 2.17. The van der Waals surface area contributed by atoms with Crippen molar-refractivity contribution < 1.29 is 17.6 Å². The van der Waals surface area contributed by atoms with Crippen molar-refractivity contribution in [2.24, 2.45) is 0 Å². The van der Waals surface area contributed by atoms with Gasteiger partial charge in [0.05, 0.1) is 22.5 Å². The zero-order valence-corrected chi connectivity index (χ0v) is 13.9. The van der Waals surface area contributed by atoms with Crippen LogP contribution in [0.4, 0.5) is 10.5 Å². The van der Waals surface area contributed by atoms with Crippen LogP contribution in [0.15, 0.2) is 81.4 Å². The van der Waals surface area contributed by atoms with Gasteiger partial charge in [-0.3, -0.25) is 0 Å². The van der Waals surface area contributed by atoms with Gasteiger partial charge < -0.3 is 15.1 Å². The minimum Gasteiger partial charge on any atom is -0.447 e. The zero-order chi connectivity index (χ0) is 17.7. The number of carbonyl (C=O) groups is 1. The first-order valence-corrected chi connectivity index (χ1v) is 8.86. The average molecular weight is 357 g/mol. The van der Waals surface area contributed by atoms with Crippen LogP contribution in [0, 0.1) is 0 Å². The van der Waals surface area contributed by atoms with E-state index in [-0.39, 0.29) is 16.3 Å². The van der Waals surface area contributed by atoms with Crippen molar-refractivity contribution >= 4 is 21.6 Å². The van der Waals surface area contributed by atoms with Crippen LogP contribution in [0.25, 0.3) is 0 Å². The summed E-state index contributed by atoms with van der Waals surface area (Å²) in [6.07, 6.45) is 2.78. The SMILES string of the molecule is O=C(NCc1cnco1)Nc1ccc(S(=O)(=O)c2ccccc2)cc1. The summed E-state index contributed by atoms with van der Waals surface area (Å²) in [4.78, 5) is 15.9. The quantitative estimate of drug-likeness (QED) is 0.731. The van der Waals surface area contributed by atoms with E-state index in [4.69, 9.17) is 4.42 Å². The number of nitrogens with zero attached hydrogens (tertiary/aromatic N) is 1. The maximum atomic E-state index is 12.5. The number of sulfone groups is 1. The number of amides is 2. The molecule has 1 aromatic heterocycles. The molecular weight excluding hydrogens is 342 g/mol. The second-order valence-corrected chi connectivity index (χ2v) is 7.07. The molecule has 3 aromatic rings. The number of urea groups is 1. The Morgan fingerprint density at radius 2 is 1.68 bits per heavy atom. The fraction of sp³-hybridized carbons (Fsp3) is 0.0588. The summed E-state index contributed by atoms with van der Waals surface area (Å²) >= 11 is 0. The molecule has 2 N–H and O–H groups in total. The summed E-state index contributed by atoms with van der Waals surface area (Å²) in [6.45, 7) is 0.201. The Balaban J connectivity index is 1.65. The molecule has 2 amide bonds. The topological polar surface area (TPSA) is 101 Å². The summed E-state index contributed by atoms with van der Waals surface area (Å²) < 4.78 is 30.0. The molecule has 0 spiro atoms. The van der Waals surface area contributed by atoms with Crippen molar-refractivity contribution in [3.05, 3.63) is 72.9 Å². The second kappa shape index (κ2) is 7.18. The Morgan fingerprint density at radius 3 is 2.32 bits per heavy atom. The maximum Gasteiger partial charge on any atom is 0.319 e. The summed E-state index contributed by atoms with van der Waals surface area (Å²) in [6, 6.07) is 13.7. The molecule has 0 aliphatic rings. The van der Waals surface area contributed by atoms with E-state index in [1.807, 2.05) is 0 Å². The number of anilines is 1. The van der Waals surface area contributed by atoms with Crippen LogP contribution in [0.5, 0.6) is 0 Å². The molecule has 0 atom stereocenters. The summed E-state index contributed by atoms with van der Waals surface area (Å²) in [5.41, 5.74) is 0.474. The third kappa shape index (κ3) is 4.04. The number of benzene rings is 2. The lowest BCUT2D eigenvalue weighted by molar-refractivity contribution is 0.251. The number of oxazole rings is 1. The largest absolute Gasteiger partial charge is 0.447 e. The molecule has 25 heavy (non-hydrogen) atoms. The fourth-order valence-corrected chi connectivity index (χ4v) is 3.41. The molecule has 0 unspecified atom stereocenters. The molecule has 0 radical (unpaired) electrons. The van der Waals surface area contributed by atoms with E-state index >= 15 is 0 Å². The van der Waals surface area contributed by atoms with Crippen LogP contribution in [0.1, 0.15) is 5.76 Å². The highest BCUT2D eigenvalue weighted by Crippen LogP contribution is 2.22. The highest BCUT2D eigenvalue weighted by atomic mass is 32.2. The molecule has 8 heteroatoms. The van der Waals surface area contributed by atoms with Crippen LogP contribution in [0.3, 0.4) is 0 Å². The molecule has 0 aliphatic heterocycles. The lowest BCUT2D eigenvalue weighted by Gasteiger charge is -2.08. The van der Waals surface area contributed by atoms with Crippen LogP contribution in [-0.2, 0) is 16.4 Å². The van der Waals surface area contributed by atoms with E-state index in [0.717, 1.165) is 0 Å². The van der Waals surface area contributed by atoms with E-state index in [1.54, 1.807) is 30.3 Å². The van der Waals surface area contributed by atoms with Crippen molar-refractivity contribution in [2.75, 3.05) is 5.32 Å². The van der Waals surface area contributed by atoms with Crippen molar-refractivity contribution in [3.8, 4) is 0 Å². The van der Waals surface area contributed by atoms with Gasteiger partial charge in [0, 0.05) is 5.69 Å². The summed E-state index contributed by atoms with van der Waals surface area (Å²) in [5, 5.41) is 5.22. The van der Waals surface area contributed by atoms with Gasteiger partial charge in [0.15, 0.2) is 6.39 Å². The number of aromatic nitrogens is 1. The predicted molar refractivity (Wildman–Crippen MR) is 90.7 cm³/mol. The first-order chi connectivity index (χ1) is 12.1. The molecule has 0 aliphatic carbocycles. The fourth-order valence-electron chi connectivity index (χ4n) is 2.13. The molecule has 1 heterocycles. The number of hydrogen-bond acceptors (Lipinski definition) is 5. The van der Waals surface area contributed by atoms with Crippen LogP contribution in [0.2, 0.25) is 0 Å². The second-order valence-electron chi connectivity index (χ2n) is 5.12. The summed E-state index contributed by atoms with van der Waals surface area (Å²) in [7, 11) is -3.57. The van der Waals surface area contributed by atoms with E-state index in [0.29, 0.717) is 11.4 Å². The number of nitrogens with one attached hydrogen (secondary N) is 2. The van der Waals surface area contributed by atoms with Crippen LogP contribution in [-0.4, -0.2) is 19.4 Å². The average Bonchev–Trinajstić information content (AvgIpc) is 3.15. The predicted octanol–water partition coefficient (Wildman–Crippen LogP) is 2.83. The van der Waals surface area contributed by atoms with Crippen LogP contribution < -0.4 is 10.6 Å². The first kappa shape index (κ1) is 16.7. The number of hydrogen-bond donors (Lipinski definition) is 2. The Morgan fingerprint density at radius 1 is 1.00 bits per heavy atom. The molecular formula is C17H15N3O4S. The third-order valence-electron chi connectivity index (χ3n) is 3.38. The monoisotopic (exact) mass is 357 g/mol. The molecule has 0 bridgehead atoms. The third-order valence-corrected chi connectivity index (χ3v) is 5.17. The first-order valence-electron chi connectivity index (χ1n) is 7.38. The smallest absolute Gasteiger partial charge is 0.319 e. The number of carbonyl (C=O) groups excluding carboxylic acids is 1. The Hall–Kier alpha value is -3.13. The summed E-state index contributed by atoms with van der Waals surface area (Å²) in [5.74, 6) is 0.527. The van der Waals surface area contributed by atoms with Crippen molar-refractivity contribution in [1.82, 2.24) is 10.3 Å². The zero-order valence-electron chi connectivity index (χ0n) is 13.0. The molecule has 3 rings (SSSR count). The molecule has 0 saturated heterocycles. The van der Waals surface area contributed by atoms with Gasteiger partial charge in [0.25, 0.3) is 0 Å². The van der Waals surface area contributed by atoms with Gasteiger partial charge in [-0.1, -0.05) is 18.2 Å². The Labute approximate surface area is 144 Å². The van der Waals surface area contributed by atoms with Gasteiger partial charge in [-0.05, 0) is 36.4 Å². The minimum atomic E-state index is -3.57. The molecule has 128 valence electrons. The van der Waals surface area contributed by atoms with E-state index in [2.05, 4.69) is 15.6 Å². The lowest BCUT2D eigenvalue weighted by Crippen LogP contribution is -2.27. The van der Waals surface area contributed by atoms with Gasteiger partial charge in [-0.15, -0.1) is 0 Å². The van der Waals surface area contributed by atoms with Gasteiger partial charge in [0.2, 0.25) is 9.84 Å². The van der Waals surface area contributed by atoms with Crippen LogP contribution >= 0.6 is 0 Å². The van der Waals surface area contributed by atoms with Crippen molar-refractivity contribution in [1.29, 1.82) is 0 Å². The maximum absolute atomic E-state index is 12.5. The van der Waals surface area contributed by atoms with Gasteiger partial charge in [-0.25, -0.2) is 18.2 Å². The number of rotatable bonds is 5. The van der Waals surface area contributed by atoms with Crippen molar-refractivity contribution in [3.63, 3.8) is 0 Å². The molecule has 2 aromatic carbocycles. The standard InChI is InChI=1S/C17H15N3O4S/c21-17(19-11-14-10-18-12-24-14)20-13-6-8-16(9-7-13)25(22,23)15-4-2-1-3-5-15/h1-10,12H,11H2,(H2,19,20,21). The van der Waals surface area contributed by atoms with E-state index in [9.17, 15) is 13.2 Å². The van der Waals surface area contributed by atoms with Gasteiger partial charge in [-0.2, -0.15) is 0 Å². The highest BCUT2D eigenvalue weighted by molar-refractivity contribution is 7.91. The van der Waals surface area contributed by atoms with E-state index in [1.165, 1.54) is 36.9 Å². The van der Waals surface area contributed by atoms with E-state index < -0.39 is 15.9 Å². The molecule has 0 fully saturated rings. The normalized spacial score (nSPS) is 11.0. The minimum absolute atomic E-state index is 0.159. The van der Waals surface area contributed by atoms with Crippen molar-refractivity contribution in [2.45, 2.75) is 16.3 Å². The molecule has 7 nitrogen and oxygen atoms in total.